The molecule has 0 radical (unpaired) electrons. The van der Waals surface area contributed by atoms with Crippen LogP contribution in [0.15, 0.2) is 89.8 Å². The van der Waals surface area contributed by atoms with Crippen LogP contribution in [-0.4, -0.2) is 134 Å². The molecule has 0 bridgehead atoms. The fourth-order valence-corrected chi connectivity index (χ4v) is 8.27. The number of fused-ring (bicyclic) bond motifs is 2. The number of hydrogen-bond donors (Lipinski definition) is 4. The molecule has 2 fully saturated rings. The highest BCUT2D eigenvalue weighted by Gasteiger charge is 2.45. The molecule has 3 aliphatic rings. The molecule has 0 saturated carbocycles. The van der Waals surface area contributed by atoms with Gasteiger partial charge in [0.05, 0.1) is 41.5 Å². The van der Waals surface area contributed by atoms with Crippen molar-refractivity contribution in [1.29, 1.82) is 0 Å². The van der Waals surface area contributed by atoms with Crippen molar-refractivity contribution >= 4 is 68.0 Å². The number of pyridine rings is 1. The second kappa shape index (κ2) is 17.5. The van der Waals surface area contributed by atoms with E-state index in [1.807, 2.05) is 42.5 Å². The molecule has 4 N–H and O–H groups in total. The van der Waals surface area contributed by atoms with Crippen LogP contribution in [0.5, 0.6) is 0 Å². The van der Waals surface area contributed by atoms with Gasteiger partial charge in [-0.1, -0.05) is 24.3 Å². The van der Waals surface area contributed by atoms with E-state index in [0.717, 1.165) is 53.7 Å². The van der Waals surface area contributed by atoms with Crippen molar-refractivity contribution in [2.45, 2.75) is 23.8 Å². The summed E-state index contributed by atoms with van der Waals surface area (Å²) < 4.78 is 31.2. The topological polar surface area (TPSA) is 217 Å². The number of piperidine rings is 1. The average Bonchev–Trinajstić information content (AvgIpc) is 3.78. The lowest BCUT2D eigenvalue weighted by Gasteiger charge is -2.35. The number of carbonyl (C=O) groups excluding carboxylic acids is 5. The lowest BCUT2D eigenvalue weighted by atomic mass is 10.0. The molecule has 8 rings (SSSR count). The molecule has 316 valence electrons. The molecule has 2 aromatic heterocycles. The van der Waals surface area contributed by atoms with Gasteiger partial charge < -0.3 is 25.6 Å². The van der Waals surface area contributed by atoms with Gasteiger partial charge in [0.15, 0.2) is 15.5 Å². The Kier molecular flexibility index (Phi) is 11.8. The van der Waals surface area contributed by atoms with E-state index in [9.17, 15) is 32.4 Å². The van der Waals surface area contributed by atoms with E-state index in [2.05, 4.69) is 41.1 Å². The fraction of sp³-hybridized carbons (Fsp3) is 0.310. The highest BCUT2D eigenvalue weighted by atomic mass is 32.2. The Hall–Kier alpha value is -6.70. The van der Waals surface area contributed by atoms with Crippen LogP contribution in [-0.2, 0) is 29.0 Å². The minimum atomic E-state index is -3.30. The highest BCUT2D eigenvalue weighted by molar-refractivity contribution is 7.90. The first-order chi connectivity index (χ1) is 29.4. The van der Waals surface area contributed by atoms with E-state index in [4.69, 9.17) is 4.74 Å². The number of nitrogens with one attached hydrogen (secondary N) is 4. The molecule has 0 aliphatic carbocycles. The number of rotatable bonds is 15. The van der Waals surface area contributed by atoms with E-state index in [1.165, 1.54) is 6.26 Å². The SMILES string of the molecule is CS(=O)(=O)c1ccc(-c2cccc3nc(Nc4ccc(N5CCN(CC(=O)NCCOCCNc6cccc7c6C(=O)N(C6CCC(=O)NC6=O)C7=O)CC5)cc4)nn23)cc1. The van der Waals surface area contributed by atoms with Crippen LogP contribution in [0, 0.1) is 0 Å². The third kappa shape index (κ3) is 9.08. The Labute approximate surface area is 351 Å². The van der Waals surface area contributed by atoms with Crippen LogP contribution in [0.2, 0.25) is 0 Å². The van der Waals surface area contributed by atoms with E-state index in [-0.39, 0.29) is 54.5 Å². The van der Waals surface area contributed by atoms with E-state index >= 15 is 0 Å². The molecule has 0 spiro atoms. The van der Waals surface area contributed by atoms with E-state index in [0.29, 0.717) is 30.4 Å². The molecule has 5 amide bonds. The maximum atomic E-state index is 13.3. The number of amides is 5. The summed E-state index contributed by atoms with van der Waals surface area (Å²) in [4.78, 5) is 73.2. The maximum Gasteiger partial charge on any atom is 0.264 e. The second-order valence-corrected chi connectivity index (χ2v) is 16.9. The van der Waals surface area contributed by atoms with Crippen LogP contribution in [0.25, 0.3) is 16.9 Å². The summed E-state index contributed by atoms with van der Waals surface area (Å²) >= 11 is 0. The molecule has 18 nitrogen and oxygen atoms in total. The van der Waals surface area contributed by atoms with Crippen molar-refractivity contribution in [2.75, 3.05) is 80.8 Å². The van der Waals surface area contributed by atoms with Gasteiger partial charge in [0.1, 0.15) is 6.04 Å². The minimum absolute atomic E-state index is 0.0485. The van der Waals surface area contributed by atoms with E-state index in [1.54, 1.807) is 47.0 Å². The summed E-state index contributed by atoms with van der Waals surface area (Å²) in [5, 5.41) is 16.2. The number of carbonyl (C=O) groups is 5. The molecule has 3 aliphatic heterocycles. The molecule has 19 heteroatoms. The Morgan fingerprint density at radius 1 is 0.869 bits per heavy atom. The van der Waals surface area contributed by atoms with Gasteiger partial charge in [-0.15, -0.1) is 5.10 Å². The van der Waals surface area contributed by atoms with Crippen molar-refractivity contribution in [2.24, 2.45) is 0 Å². The summed E-state index contributed by atoms with van der Waals surface area (Å²) in [5.41, 5.74) is 4.95. The number of aromatic nitrogens is 3. The number of benzene rings is 3. The van der Waals surface area contributed by atoms with Gasteiger partial charge in [-0.05, 0) is 67.1 Å². The Morgan fingerprint density at radius 2 is 1.61 bits per heavy atom. The van der Waals surface area contributed by atoms with Crippen molar-refractivity contribution in [3.05, 3.63) is 96.1 Å². The number of hydrogen-bond acceptors (Lipinski definition) is 14. The molecular formula is C42H44N10O8S. The minimum Gasteiger partial charge on any atom is -0.382 e. The number of imide groups is 2. The number of piperazine rings is 1. The first-order valence-corrected chi connectivity index (χ1v) is 21.8. The van der Waals surface area contributed by atoms with Crippen LogP contribution >= 0.6 is 0 Å². The predicted molar refractivity (Wildman–Crippen MR) is 225 cm³/mol. The summed E-state index contributed by atoms with van der Waals surface area (Å²) in [7, 11) is -3.30. The standard InChI is InChI=1S/C42H44N10O8S/c1-61(58,59)30-14-8-27(9-15-30)33-6-3-7-35-46-42(48-52(33)35)45-28-10-12-29(13-11-28)50-22-20-49(21-23-50)26-37(54)44-19-25-60-24-18-43-32-5-2-4-31-38(32)41(57)51(40(31)56)34-16-17-36(53)47-39(34)55/h2-15,34,43H,16-26H2,1H3,(H,44,54)(H,45,48)(H,47,53,55). The third-order valence-corrected chi connectivity index (χ3v) is 11.9. The number of ether oxygens (including phenoxy) is 1. The smallest absolute Gasteiger partial charge is 0.264 e. The van der Waals surface area contributed by atoms with Gasteiger partial charge in [-0.3, -0.25) is 39.1 Å². The lowest BCUT2D eigenvalue weighted by Crippen LogP contribution is -2.54. The van der Waals surface area contributed by atoms with Gasteiger partial charge in [0.25, 0.3) is 11.8 Å². The summed E-state index contributed by atoms with van der Waals surface area (Å²) in [6.45, 7) is 4.49. The zero-order chi connectivity index (χ0) is 42.7. The Morgan fingerprint density at radius 3 is 2.34 bits per heavy atom. The first-order valence-electron chi connectivity index (χ1n) is 19.9. The largest absolute Gasteiger partial charge is 0.382 e. The first kappa shape index (κ1) is 41.1. The zero-order valence-corrected chi connectivity index (χ0v) is 34.1. The number of anilines is 4. The molecular weight excluding hydrogens is 805 g/mol. The van der Waals surface area contributed by atoms with Gasteiger partial charge in [-0.2, -0.15) is 4.98 Å². The van der Waals surface area contributed by atoms with Gasteiger partial charge in [-0.25, -0.2) is 12.9 Å². The lowest BCUT2D eigenvalue weighted by molar-refractivity contribution is -0.136. The van der Waals surface area contributed by atoms with Crippen molar-refractivity contribution in [3.8, 4) is 11.3 Å². The quantitative estimate of drug-likeness (QED) is 0.0879. The molecule has 5 aromatic rings. The van der Waals surface area contributed by atoms with Crippen molar-refractivity contribution in [1.82, 2.24) is 35.0 Å². The zero-order valence-electron chi connectivity index (χ0n) is 33.3. The second-order valence-electron chi connectivity index (χ2n) is 14.9. The Bertz CT molecular complexity index is 2610. The van der Waals surface area contributed by atoms with E-state index < -0.39 is 39.5 Å². The molecule has 1 unspecified atom stereocenters. The van der Waals surface area contributed by atoms with Gasteiger partial charge in [0, 0.05) is 74.6 Å². The van der Waals surface area contributed by atoms with Crippen molar-refractivity contribution in [3.63, 3.8) is 0 Å². The van der Waals surface area contributed by atoms with Gasteiger partial charge in [0.2, 0.25) is 23.7 Å². The summed E-state index contributed by atoms with van der Waals surface area (Å²) in [5.74, 6) is -1.90. The van der Waals surface area contributed by atoms with Crippen LogP contribution < -0.4 is 26.2 Å². The maximum absolute atomic E-state index is 13.3. The molecule has 2 saturated heterocycles. The molecule has 1 atom stereocenters. The molecule has 3 aromatic carbocycles. The summed E-state index contributed by atoms with van der Waals surface area (Å²) in [6, 6.07) is 24.2. The average molecular weight is 849 g/mol. The molecule has 5 heterocycles. The molecule has 61 heavy (non-hydrogen) atoms. The van der Waals surface area contributed by atoms with Crippen LogP contribution in [0.3, 0.4) is 0 Å². The third-order valence-electron chi connectivity index (χ3n) is 10.8. The number of nitrogens with zero attached hydrogens (tertiary/aromatic N) is 6. The predicted octanol–water partition coefficient (Wildman–Crippen LogP) is 2.31. The van der Waals surface area contributed by atoms with Gasteiger partial charge >= 0.3 is 0 Å². The van der Waals surface area contributed by atoms with Crippen molar-refractivity contribution < 1.29 is 37.1 Å². The highest BCUT2D eigenvalue weighted by Crippen LogP contribution is 2.32. The Balaban J connectivity index is 0.735. The summed E-state index contributed by atoms with van der Waals surface area (Å²) in [6.07, 6.45) is 1.31. The normalized spacial score (nSPS) is 17.1. The van der Waals surface area contributed by atoms with Crippen LogP contribution in [0.4, 0.5) is 23.0 Å². The monoisotopic (exact) mass is 848 g/mol. The number of sulfone groups is 1. The van der Waals surface area contributed by atoms with Crippen LogP contribution in [0.1, 0.15) is 33.6 Å². The fourth-order valence-electron chi connectivity index (χ4n) is 7.64.